The highest BCUT2D eigenvalue weighted by Crippen LogP contribution is 2.41. The van der Waals surface area contributed by atoms with Gasteiger partial charge in [0.1, 0.15) is 17.5 Å². The van der Waals surface area contributed by atoms with Crippen LogP contribution in [-0.2, 0) is 15.8 Å². The number of amides is 2. The summed E-state index contributed by atoms with van der Waals surface area (Å²) in [5, 5.41) is 2.36. The number of ether oxygens (including phenoxy) is 1. The van der Waals surface area contributed by atoms with E-state index in [-0.39, 0.29) is 23.5 Å². The molecule has 0 unspecified atom stereocenters. The molecular formula is C20H18F4N2O3. The van der Waals surface area contributed by atoms with Crippen molar-refractivity contribution in [2.24, 2.45) is 5.92 Å². The number of hydrogen-bond acceptors (Lipinski definition) is 3. The van der Waals surface area contributed by atoms with Gasteiger partial charge in [-0.2, -0.15) is 13.2 Å². The molecule has 3 rings (SSSR count). The molecule has 2 aromatic rings. The van der Waals surface area contributed by atoms with E-state index in [1.165, 1.54) is 37.3 Å². The van der Waals surface area contributed by atoms with Gasteiger partial charge in [0.2, 0.25) is 11.8 Å². The van der Waals surface area contributed by atoms with Crippen molar-refractivity contribution >= 4 is 17.5 Å². The van der Waals surface area contributed by atoms with E-state index in [1.54, 1.807) is 0 Å². The number of benzene rings is 2. The standard InChI is InChI=1S/C20H18F4N2O3/c1-26-10-13(12-9-11(20(22,23)24)7-8-16(12)29-2)17(19(26)28)18(27)25-15-6-4-3-5-14(15)21/h3-9,13,17H,10H2,1-2H3,(H,25,27)/t13-,17+/m1/s1. The first-order valence-corrected chi connectivity index (χ1v) is 8.69. The SMILES string of the molecule is COc1ccc(C(F)(F)F)cc1[C@H]1CN(C)C(=O)[C@@H]1C(=O)Nc1ccccc1F. The molecule has 2 amide bonds. The zero-order valence-electron chi connectivity index (χ0n) is 15.6. The van der Waals surface area contributed by atoms with E-state index >= 15 is 0 Å². The maximum absolute atomic E-state index is 13.9. The molecule has 1 aliphatic heterocycles. The van der Waals surface area contributed by atoms with Crippen LogP contribution in [0.5, 0.6) is 5.75 Å². The smallest absolute Gasteiger partial charge is 0.416 e. The van der Waals surface area contributed by atoms with Crippen LogP contribution in [0.25, 0.3) is 0 Å². The van der Waals surface area contributed by atoms with Crippen LogP contribution in [0.1, 0.15) is 17.0 Å². The molecule has 0 spiro atoms. The van der Waals surface area contributed by atoms with Crippen LogP contribution in [0.4, 0.5) is 23.2 Å². The lowest BCUT2D eigenvalue weighted by atomic mass is 9.86. The summed E-state index contributed by atoms with van der Waals surface area (Å²) in [4.78, 5) is 26.7. The Morgan fingerprint density at radius 2 is 1.90 bits per heavy atom. The molecule has 1 fully saturated rings. The van der Waals surface area contributed by atoms with Gasteiger partial charge in [0.25, 0.3) is 0 Å². The number of likely N-dealkylation sites (tertiary alicyclic amines) is 1. The largest absolute Gasteiger partial charge is 0.496 e. The molecule has 0 radical (unpaired) electrons. The van der Waals surface area contributed by atoms with Crippen LogP contribution < -0.4 is 10.1 Å². The average Bonchev–Trinajstić information content (AvgIpc) is 2.97. The van der Waals surface area contributed by atoms with Crippen LogP contribution in [0.3, 0.4) is 0 Å². The van der Waals surface area contributed by atoms with E-state index in [1.807, 2.05) is 0 Å². The summed E-state index contributed by atoms with van der Waals surface area (Å²) in [6, 6.07) is 8.34. The van der Waals surface area contributed by atoms with Gasteiger partial charge in [-0.3, -0.25) is 9.59 Å². The Hall–Kier alpha value is -3.10. The number of rotatable bonds is 4. The lowest BCUT2D eigenvalue weighted by molar-refractivity contribution is -0.137. The number of carbonyl (C=O) groups is 2. The lowest BCUT2D eigenvalue weighted by Gasteiger charge is -2.21. The first kappa shape index (κ1) is 20.6. The summed E-state index contributed by atoms with van der Waals surface area (Å²) in [5.74, 6) is -4.13. The second-order valence-electron chi connectivity index (χ2n) is 6.73. The van der Waals surface area contributed by atoms with E-state index < -0.39 is 41.2 Å². The molecule has 29 heavy (non-hydrogen) atoms. The first-order chi connectivity index (χ1) is 13.6. The van der Waals surface area contributed by atoms with E-state index in [9.17, 15) is 27.2 Å². The molecule has 1 N–H and O–H groups in total. The van der Waals surface area contributed by atoms with E-state index in [2.05, 4.69) is 5.32 Å². The average molecular weight is 410 g/mol. The van der Waals surface area contributed by atoms with Crippen LogP contribution in [-0.4, -0.2) is 37.4 Å². The van der Waals surface area contributed by atoms with E-state index in [0.29, 0.717) is 0 Å². The molecular weight excluding hydrogens is 392 g/mol. The third kappa shape index (κ3) is 4.03. The molecule has 1 saturated heterocycles. The Kier molecular flexibility index (Phi) is 5.50. The maximum atomic E-state index is 13.9. The Morgan fingerprint density at radius 1 is 1.21 bits per heavy atom. The van der Waals surface area contributed by atoms with Gasteiger partial charge in [0.05, 0.1) is 18.4 Å². The highest BCUT2D eigenvalue weighted by Gasteiger charge is 2.46. The van der Waals surface area contributed by atoms with Gasteiger partial charge < -0.3 is 15.0 Å². The fraction of sp³-hybridized carbons (Fsp3) is 0.300. The van der Waals surface area contributed by atoms with Gasteiger partial charge >= 0.3 is 6.18 Å². The number of nitrogens with one attached hydrogen (secondary N) is 1. The monoisotopic (exact) mass is 410 g/mol. The molecule has 1 heterocycles. The van der Waals surface area contributed by atoms with Gasteiger partial charge in [-0.15, -0.1) is 0 Å². The zero-order chi connectivity index (χ0) is 21.3. The lowest BCUT2D eigenvalue weighted by Crippen LogP contribution is -2.33. The summed E-state index contributed by atoms with van der Waals surface area (Å²) >= 11 is 0. The highest BCUT2D eigenvalue weighted by molar-refractivity contribution is 6.08. The van der Waals surface area contributed by atoms with E-state index in [4.69, 9.17) is 4.74 Å². The number of carbonyl (C=O) groups excluding carboxylic acids is 2. The maximum Gasteiger partial charge on any atom is 0.416 e. The second-order valence-corrected chi connectivity index (χ2v) is 6.73. The molecule has 0 aliphatic carbocycles. The van der Waals surface area contributed by atoms with Crippen LogP contribution in [0.2, 0.25) is 0 Å². The molecule has 154 valence electrons. The van der Waals surface area contributed by atoms with Crippen molar-refractivity contribution in [3.63, 3.8) is 0 Å². The number of anilines is 1. The van der Waals surface area contributed by atoms with Crippen LogP contribution in [0, 0.1) is 11.7 Å². The van der Waals surface area contributed by atoms with Crippen molar-refractivity contribution in [3.8, 4) is 5.75 Å². The second kappa shape index (κ2) is 7.73. The zero-order valence-corrected chi connectivity index (χ0v) is 15.6. The Morgan fingerprint density at radius 3 is 2.52 bits per heavy atom. The van der Waals surface area contributed by atoms with Gasteiger partial charge in [-0.25, -0.2) is 4.39 Å². The van der Waals surface area contributed by atoms with E-state index in [0.717, 1.165) is 24.3 Å². The number of hydrogen-bond donors (Lipinski definition) is 1. The number of para-hydroxylation sites is 1. The first-order valence-electron chi connectivity index (χ1n) is 8.69. The van der Waals surface area contributed by atoms with Gasteiger partial charge in [-0.05, 0) is 30.3 Å². The van der Waals surface area contributed by atoms with Crippen molar-refractivity contribution < 1.29 is 31.9 Å². The fourth-order valence-electron chi connectivity index (χ4n) is 3.45. The minimum Gasteiger partial charge on any atom is -0.496 e. The Bertz CT molecular complexity index is 946. The van der Waals surface area contributed by atoms with Crippen molar-refractivity contribution in [1.82, 2.24) is 4.90 Å². The molecule has 0 bridgehead atoms. The van der Waals surface area contributed by atoms with Gasteiger partial charge in [0, 0.05) is 25.1 Å². The van der Waals surface area contributed by atoms with Crippen molar-refractivity contribution in [3.05, 3.63) is 59.4 Å². The predicted molar refractivity (Wildman–Crippen MR) is 96.9 cm³/mol. The number of likely N-dealkylation sites (N-methyl/N-ethyl adjacent to an activating group) is 1. The summed E-state index contributed by atoms with van der Waals surface area (Å²) in [7, 11) is 2.74. The number of nitrogens with zero attached hydrogens (tertiary/aromatic N) is 1. The fourth-order valence-corrected chi connectivity index (χ4v) is 3.45. The topological polar surface area (TPSA) is 58.6 Å². The summed E-state index contributed by atoms with van der Waals surface area (Å²) in [6.45, 7) is 0.0197. The molecule has 2 aromatic carbocycles. The molecule has 9 heteroatoms. The van der Waals surface area contributed by atoms with Gasteiger partial charge in [0.15, 0.2) is 0 Å². The minimum atomic E-state index is -4.60. The molecule has 0 saturated carbocycles. The molecule has 5 nitrogen and oxygen atoms in total. The van der Waals surface area contributed by atoms with Crippen molar-refractivity contribution in [2.75, 3.05) is 26.0 Å². The Balaban J connectivity index is 2.00. The van der Waals surface area contributed by atoms with Crippen molar-refractivity contribution in [1.29, 1.82) is 0 Å². The minimum absolute atomic E-state index is 0.0197. The quantitative estimate of drug-likeness (QED) is 0.618. The van der Waals surface area contributed by atoms with Crippen LogP contribution >= 0.6 is 0 Å². The van der Waals surface area contributed by atoms with Crippen molar-refractivity contribution in [2.45, 2.75) is 12.1 Å². The number of halogens is 4. The summed E-state index contributed by atoms with van der Waals surface area (Å²) < 4.78 is 58.6. The summed E-state index contributed by atoms with van der Waals surface area (Å²) in [6.07, 6.45) is -4.60. The molecule has 1 aliphatic rings. The number of methoxy groups -OCH3 is 1. The van der Waals surface area contributed by atoms with Crippen LogP contribution in [0.15, 0.2) is 42.5 Å². The molecule has 2 atom stereocenters. The number of alkyl halides is 3. The molecule has 0 aromatic heterocycles. The summed E-state index contributed by atoms with van der Waals surface area (Å²) in [5.41, 5.74) is -0.938. The Labute approximate surface area is 164 Å². The highest BCUT2D eigenvalue weighted by atomic mass is 19.4. The normalized spacial score (nSPS) is 19.4. The predicted octanol–water partition coefficient (Wildman–Crippen LogP) is 3.66. The third-order valence-corrected chi connectivity index (χ3v) is 4.89. The third-order valence-electron chi connectivity index (χ3n) is 4.89. The van der Waals surface area contributed by atoms with Gasteiger partial charge in [-0.1, -0.05) is 12.1 Å².